The van der Waals surface area contributed by atoms with Gasteiger partial charge < -0.3 is 14.2 Å². The van der Waals surface area contributed by atoms with Crippen LogP contribution in [0.1, 0.15) is 27.2 Å². The first kappa shape index (κ1) is 16.6. The number of carbonyl (C=O) groups is 1. The average molecular weight is 357 g/mol. The van der Waals surface area contributed by atoms with E-state index in [2.05, 4.69) is 30.3 Å². The van der Waals surface area contributed by atoms with Gasteiger partial charge in [-0.15, -0.1) is 0 Å². The Morgan fingerprint density at radius 1 is 1.26 bits per heavy atom. The second-order valence-corrected chi connectivity index (χ2v) is 6.32. The molecular weight excluding hydrogens is 342 g/mol. The van der Waals surface area contributed by atoms with Gasteiger partial charge in [0.15, 0.2) is 11.5 Å². The van der Waals surface area contributed by atoms with Crippen LogP contribution in [0.5, 0.6) is 0 Å². The van der Waals surface area contributed by atoms with Gasteiger partial charge in [0.1, 0.15) is 6.07 Å². The van der Waals surface area contributed by atoms with Crippen LogP contribution in [-0.4, -0.2) is 20.8 Å². The first-order valence-corrected chi connectivity index (χ1v) is 8.34. The summed E-state index contributed by atoms with van der Waals surface area (Å²) in [7, 11) is 0. The molecule has 2 aromatic heterocycles. The summed E-state index contributed by atoms with van der Waals surface area (Å²) in [5.74, 6) is -0.794. The average Bonchev–Trinajstić information content (AvgIpc) is 3.29. The van der Waals surface area contributed by atoms with Crippen molar-refractivity contribution in [3.8, 4) is 17.4 Å². The Labute approximate surface area is 154 Å². The molecule has 0 saturated carbocycles. The highest BCUT2D eigenvalue weighted by Gasteiger charge is 2.15. The van der Waals surface area contributed by atoms with Crippen molar-refractivity contribution in [3.05, 3.63) is 77.1 Å². The zero-order chi connectivity index (χ0) is 19.0. The van der Waals surface area contributed by atoms with Gasteiger partial charge in [-0.2, -0.15) is 5.26 Å². The van der Waals surface area contributed by atoms with Crippen molar-refractivity contribution in [2.24, 2.45) is 0 Å². The lowest BCUT2D eigenvalue weighted by Gasteiger charge is -2.08. The van der Waals surface area contributed by atoms with Gasteiger partial charge in [-0.1, -0.05) is 29.4 Å². The maximum absolute atomic E-state index is 11.0. The molecule has 0 aliphatic carbocycles. The van der Waals surface area contributed by atoms with Gasteiger partial charge in [-0.25, -0.2) is 4.79 Å². The summed E-state index contributed by atoms with van der Waals surface area (Å²) in [4.78, 5) is 11.0. The third-order valence-corrected chi connectivity index (χ3v) is 4.62. The lowest BCUT2D eigenvalue weighted by molar-refractivity contribution is 0.0686. The number of benzene rings is 2. The van der Waals surface area contributed by atoms with Crippen molar-refractivity contribution in [2.45, 2.75) is 13.5 Å². The number of aryl methyl sites for hydroxylation is 1. The van der Waals surface area contributed by atoms with Crippen LogP contribution in [0.2, 0.25) is 0 Å². The zero-order valence-corrected chi connectivity index (χ0v) is 14.5. The van der Waals surface area contributed by atoms with Gasteiger partial charge in [-0.05, 0) is 36.2 Å². The second kappa shape index (κ2) is 6.46. The Morgan fingerprint density at radius 3 is 2.78 bits per heavy atom. The smallest absolute Gasteiger partial charge is 0.358 e. The van der Waals surface area contributed by atoms with Gasteiger partial charge in [0.25, 0.3) is 0 Å². The fourth-order valence-corrected chi connectivity index (χ4v) is 3.15. The summed E-state index contributed by atoms with van der Waals surface area (Å²) >= 11 is 0. The van der Waals surface area contributed by atoms with Crippen LogP contribution in [0.4, 0.5) is 0 Å². The first-order chi connectivity index (χ1) is 13.1. The lowest BCUT2D eigenvalue weighted by Crippen LogP contribution is -1.99. The molecule has 4 aromatic rings. The van der Waals surface area contributed by atoms with E-state index >= 15 is 0 Å². The Kier molecular flexibility index (Phi) is 3.98. The number of nitriles is 1. The molecule has 2 heterocycles. The van der Waals surface area contributed by atoms with Crippen LogP contribution >= 0.6 is 0 Å². The largest absolute Gasteiger partial charge is 0.476 e. The molecule has 27 heavy (non-hydrogen) atoms. The van der Waals surface area contributed by atoms with E-state index in [1.165, 1.54) is 17.2 Å². The minimum Gasteiger partial charge on any atom is -0.476 e. The molecule has 0 radical (unpaired) electrons. The summed E-state index contributed by atoms with van der Waals surface area (Å²) in [5, 5.41) is 22.9. The third kappa shape index (κ3) is 2.96. The van der Waals surface area contributed by atoms with Crippen molar-refractivity contribution in [3.63, 3.8) is 0 Å². The first-order valence-electron chi connectivity index (χ1n) is 8.34. The van der Waals surface area contributed by atoms with Crippen molar-refractivity contribution in [1.82, 2.24) is 9.72 Å². The molecule has 0 bridgehead atoms. The molecule has 132 valence electrons. The molecule has 0 amide bonds. The standard InChI is InChI=1S/C21H15N3O3/c1-13-4-2-3-5-15(13)11-24-12-16(10-22)17-8-14(6-7-19(17)24)20-9-18(21(25)26)23-27-20/h2-9,12H,11H2,1H3,(H,25,26). The fourth-order valence-electron chi connectivity index (χ4n) is 3.15. The van der Waals surface area contributed by atoms with E-state index in [-0.39, 0.29) is 5.69 Å². The van der Waals surface area contributed by atoms with Crippen molar-refractivity contribution in [2.75, 3.05) is 0 Å². The number of hydrogen-bond acceptors (Lipinski definition) is 4. The number of rotatable bonds is 4. The number of aromatic nitrogens is 2. The van der Waals surface area contributed by atoms with E-state index in [0.29, 0.717) is 23.4 Å². The highest BCUT2D eigenvalue weighted by molar-refractivity contribution is 5.91. The molecule has 6 nitrogen and oxygen atoms in total. The molecule has 0 spiro atoms. The van der Waals surface area contributed by atoms with Crippen molar-refractivity contribution < 1.29 is 14.4 Å². The third-order valence-electron chi connectivity index (χ3n) is 4.62. The summed E-state index contributed by atoms with van der Waals surface area (Å²) in [6.45, 7) is 2.73. The molecule has 0 aliphatic heterocycles. The summed E-state index contributed by atoms with van der Waals surface area (Å²) in [5.41, 5.74) is 4.38. The van der Waals surface area contributed by atoms with E-state index in [1.807, 2.05) is 41.1 Å². The quantitative estimate of drug-likeness (QED) is 0.590. The zero-order valence-electron chi connectivity index (χ0n) is 14.5. The van der Waals surface area contributed by atoms with Gasteiger partial charge >= 0.3 is 5.97 Å². The molecular formula is C21H15N3O3. The van der Waals surface area contributed by atoms with Crippen molar-refractivity contribution >= 4 is 16.9 Å². The number of carboxylic acid groups (broad SMARTS) is 1. The number of fused-ring (bicyclic) bond motifs is 1. The molecule has 0 saturated heterocycles. The van der Waals surface area contributed by atoms with E-state index in [0.717, 1.165) is 10.9 Å². The van der Waals surface area contributed by atoms with E-state index in [9.17, 15) is 10.1 Å². The molecule has 1 N–H and O–H groups in total. The Bertz CT molecular complexity index is 1210. The molecule has 0 unspecified atom stereocenters. The Hall–Kier alpha value is -3.85. The SMILES string of the molecule is Cc1ccccc1Cn1cc(C#N)c2cc(-c3cc(C(=O)O)no3)ccc21. The topological polar surface area (TPSA) is 92.0 Å². The fraction of sp³-hybridized carbons (Fsp3) is 0.0952. The predicted octanol–water partition coefficient (Wildman–Crippen LogP) is 4.22. The minimum atomic E-state index is -1.15. The molecule has 2 aromatic carbocycles. The predicted molar refractivity (Wildman–Crippen MR) is 99.4 cm³/mol. The number of aromatic carboxylic acids is 1. The molecule has 0 atom stereocenters. The van der Waals surface area contributed by atoms with Gasteiger partial charge in [0.2, 0.25) is 0 Å². The van der Waals surface area contributed by atoms with Crippen LogP contribution in [-0.2, 0) is 6.54 Å². The van der Waals surface area contributed by atoms with Crippen LogP contribution in [0.3, 0.4) is 0 Å². The Morgan fingerprint density at radius 2 is 2.07 bits per heavy atom. The highest BCUT2D eigenvalue weighted by atomic mass is 16.5. The van der Waals surface area contributed by atoms with E-state index < -0.39 is 5.97 Å². The normalized spacial score (nSPS) is 10.8. The summed E-state index contributed by atoms with van der Waals surface area (Å²) < 4.78 is 7.18. The van der Waals surface area contributed by atoms with E-state index in [4.69, 9.17) is 9.63 Å². The van der Waals surface area contributed by atoms with Gasteiger partial charge in [0.05, 0.1) is 5.56 Å². The van der Waals surface area contributed by atoms with Crippen LogP contribution < -0.4 is 0 Å². The monoisotopic (exact) mass is 357 g/mol. The van der Waals surface area contributed by atoms with Crippen LogP contribution in [0, 0.1) is 18.3 Å². The summed E-state index contributed by atoms with van der Waals surface area (Å²) in [6.07, 6.45) is 1.84. The second-order valence-electron chi connectivity index (χ2n) is 6.32. The highest BCUT2D eigenvalue weighted by Crippen LogP contribution is 2.29. The van der Waals surface area contributed by atoms with Crippen molar-refractivity contribution in [1.29, 1.82) is 5.26 Å². The lowest BCUT2D eigenvalue weighted by atomic mass is 10.1. The maximum atomic E-state index is 11.0. The number of hydrogen-bond donors (Lipinski definition) is 1. The van der Waals surface area contributed by atoms with Crippen LogP contribution in [0.25, 0.3) is 22.2 Å². The summed E-state index contributed by atoms with van der Waals surface area (Å²) in [6, 6.07) is 17.3. The Balaban J connectivity index is 1.79. The molecule has 0 aliphatic rings. The molecule has 6 heteroatoms. The van der Waals surface area contributed by atoms with E-state index in [1.54, 1.807) is 0 Å². The number of carboxylic acids is 1. The van der Waals surface area contributed by atoms with Gasteiger partial charge in [-0.3, -0.25) is 0 Å². The minimum absolute atomic E-state index is 0.150. The van der Waals surface area contributed by atoms with Gasteiger partial charge in [0, 0.05) is 35.3 Å². The van der Waals surface area contributed by atoms with Crippen LogP contribution in [0.15, 0.2) is 59.3 Å². The molecule has 0 fully saturated rings. The molecule has 4 rings (SSSR count). The number of nitrogens with zero attached hydrogens (tertiary/aromatic N) is 3. The maximum Gasteiger partial charge on any atom is 0.358 e.